The van der Waals surface area contributed by atoms with Crippen molar-refractivity contribution in [3.8, 4) is 0 Å². The van der Waals surface area contributed by atoms with Crippen LogP contribution in [0.15, 0.2) is 18.6 Å². The fraction of sp³-hybridized carbons (Fsp3) is 0.375. The predicted molar refractivity (Wildman–Crippen MR) is 62.4 cm³/mol. The third-order valence-corrected chi connectivity index (χ3v) is 1.73. The largest absolute Gasteiger partial charge is 0.519 e. The Kier molecular flexibility index (Phi) is 4.52. The summed E-state index contributed by atoms with van der Waals surface area (Å²) in [6.45, 7) is 1.36. The lowest BCUT2D eigenvalue weighted by atomic mass is 10.4. The van der Waals surface area contributed by atoms with Gasteiger partial charge in [-0.1, -0.05) is 0 Å². The zero-order valence-electron chi connectivity index (χ0n) is 8.60. The first-order chi connectivity index (χ1) is 7.49. The Balaban J connectivity index is 2.49. The molecular formula is C8H9IN2O5. The van der Waals surface area contributed by atoms with Gasteiger partial charge in [-0.15, -0.1) is 0 Å². The average Bonchev–Trinajstić information content (AvgIpc) is 2.51. The van der Waals surface area contributed by atoms with E-state index in [0.29, 0.717) is 0 Å². The molecule has 0 saturated heterocycles. The second-order valence-corrected chi connectivity index (χ2v) is 4.28. The van der Waals surface area contributed by atoms with Crippen molar-refractivity contribution in [3.05, 3.63) is 22.1 Å². The lowest BCUT2D eigenvalue weighted by Gasteiger charge is -2.00. The second-order valence-electron chi connectivity index (χ2n) is 2.76. The van der Waals surface area contributed by atoms with Crippen LogP contribution < -0.4 is 5.82 Å². The Morgan fingerprint density at radius 1 is 1.62 bits per heavy atom. The van der Waals surface area contributed by atoms with Crippen molar-refractivity contribution in [2.24, 2.45) is 4.99 Å². The number of aliphatic imine (C=N–C) groups is 1. The summed E-state index contributed by atoms with van der Waals surface area (Å²) >= 11 is 1.93. The number of nitrogens with zero attached hydrogens (tertiary/aromatic N) is 2. The molecule has 1 heterocycles. The zero-order valence-corrected chi connectivity index (χ0v) is 10.8. The number of hydrogen-bond acceptors (Lipinski definition) is 5. The van der Waals surface area contributed by atoms with Crippen LogP contribution in [0.2, 0.25) is 0 Å². The van der Waals surface area contributed by atoms with Gasteiger partial charge >= 0.3 is 11.9 Å². The summed E-state index contributed by atoms with van der Waals surface area (Å²) in [5.41, 5.74) is 0. The van der Waals surface area contributed by atoms with Crippen LogP contribution in [0.5, 0.6) is 0 Å². The molecule has 7 nitrogen and oxygen atoms in total. The molecule has 0 aromatic carbocycles. The second kappa shape index (κ2) is 5.68. The van der Waals surface area contributed by atoms with Crippen LogP contribution in [-0.4, -0.2) is 22.6 Å². The summed E-state index contributed by atoms with van der Waals surface area (Å²) < 4.78 is 15.5. The van der Waals surface area contributed by atoms with E-state index in [4.69, 9.17) is 4.74 Å². The van der Waals surface area contributed by atoms with Crippen LogP contribution in [0, 0.1) is 6.92 Å². The molecule has 0 atom stereocenters. The number of carbonyl (C=O) groups is 1. The summed E-state index contributed by atoms with van der Waals surface area (Å²) in [5, 5.41) is 0. The van der Waals surface area contributed by atoms with E-state index in [0.717, 1.165) is 0 Å². The van der Waals surface area contributed by atoms with E-state index in [2.05, 4.69) is 13.8 Å². The Labute approximate surface area is 105 Å². The average molecular weight is 340 g/mol. The van der Waals surface area contributed by atoms with Crippen LogP contribution in [0.3, 0.4) is 0 Å². The molecule has 1 aromatic heterocycles. The number of amides is 1. The number of ether oxygens (including phenoxy) is 1. The van der Waals surface area contributed by atoms with Gasteiger partial charge in [-0.25, -0.2) is 9.59 Å². The van der Waals surface area contributed by atoms with Gasteiger partial charge in [-0.3, -0.25) is 0 Å². The first-order valence-electron chi connectivity index (χ1n) is 4.18. The number of carbonyl (C=O) groups excluding carboxylic acids is 1. The summed E-state index contributed by atoms with van der Waals surface area (Å²) in [6, 6.07) is 0. The van der Waals surface area contributed by atoms with E-state index in [1.165, 1.54) is 13.3 Å². The topological polar surface area (TPSA) is 85.2 Å². The lowest BCUT2D eigenvalue weighted by molar-refractivity contribution is 0.140. The molecular weight excluding hydrogens is 331 g/mol. The monoisotopic (exact) mass is 340 g/mol. The normalized spacial score (nSPS) is 10.7. The van der Waals surface area contributed by atoms with Crippen LogP contribution in [-0.2, 0) is 11.3 Å². The molecule has 0 aliphatic heterocycles. The molecule has 0 bridgehead atoms. The summed E-state index contributed by atoms with van der Waals surface area (Å²) in [5.74, 6) is -0.358. The van der Waals surface area contributed by atoms with Gasteiger partial charge in [0.25, 0.3) is 0 Å². The summed E-state index contributed by atoms with van der Waals surface area (Å²) in [4.78, 5) is 25.2. The minimum Gasteiger partial charge on any atom is -0.440 e. The van der Waals surface area contributed by atoms with Gasteiger partial charge in [0.15, 0.2) is 18.1 Å². The van der Waals surface area contributed by atoms with Crippen molar-refractivity contribution in [1.29, 1.82) is 0 Å². The highest BCUT2D eigenvalue weighted by molar-refractivity contribution is 14.1. The van der Waals surface area contributed by atoms with E-state index in [1.54, 1.807) is 10.2 Å². The highest BCUT2D eigenvalue weighted by Gasteiger charge is 2.10. The molecule has 88 valence electrons. The van der Waals surface area contributed by atoms with Crippen molar-refractivity contribution in [2.45, 2.75) is 13.5 Å². The van der Waals surface area contributed by atoms with E-state index in [1.807, 2.05) is 22.9 Å². The maximum atomic E-state index is 11.0. The fourth-order valence-corrected chi connectivity index (χ4v) is 0.922. The van der Waals surface area contributed by atoms with Gasteiger partial charge < -0.3 is 16.7 Å². The molecule has 0 radical (unpaired) electrons. The van der Waals surface area contributed by atoms with Crippen molar-refractivity contribution in [1.82, 2.24) is 3.11 Å². The molecule has 0 spiro atoms. The third-order valence-electron chi connectivity index (χ3n) is 1.48. The minimum absolute atomic E-state index is 0.177. The highest BCUT2D eigenvalue weighted by atomic mass is 127. The third kappa shape index (κ3) is 4.04. The first kappa shape index (κ1) is 12.7. The Morgan fingerprint density at radius 3 is 2.81 bits per heavy atom. The number of halogens is 1. The molecule has 0 fully saturated rings. The van der Waals surface area contributed by atoms with Gasteiger partial charge in [0.05, 0.1) is 22.9 Å². The Bertz CT molecular complexity index is 448. The molecule has 16 heavy (non-hydrogen) atoms. The van der Waals surface area contributed by atoms with Crippen molar-refractivity contribution < 1.29 is 18.4 Å². The fourth-order valence-electron chi connectivity index (χ4n) is 0.798. The van der Waals surface area contributed by atoms with Crippen molar-refractivity contribution >= 4 is 35.3 Å². The van der Waals surface area contributed by atoms with E-state index < -0.39 is 11.9 Å². The summed E-state index contributed by atoms with van der Waals surface area (Å²) in [7, 11) is 1.70. The number of rotatable bonds is 3. The van der Waals surface area contributed by atoms with Crippen LogP contribution in [0.25, 0.3) is 0 Å². The zero-order chi connectivity index (χ0) is 12.1. The van der Waals surface area contributed by atoms with Gasteiger partial charge in [-0.2, -0.15) is 4.99 Å². The quantitative estimate of drug-likeness (QED) is 0.359. The van der Waals surface area contributed by atoms with Gasteiger partial charge in [-0.05, 0) is 6.92 Å². The molecule has 1 rings (SSSR count). The summed E-state index contributed by atoms with van der Waals surface area (Å²) in [6.07, 6.45) is 0.521. The van der Waals surface area contributed by atoms with E-state index in [-0.39, 0.29) is 18.1 Å². The van der Waals surface area contributed by atoms with Crippen molar-refractivity contribution in [2.75, 3.05) is 7.05 Å². The molecule has 1 amide bonds. The molecule has 0 N–H and O–H groups in total. The Hall–Kier alpha value is -1.32. The smallest absolute Gasteiger partial charge is 0.440 e. The first-order valence-corrected chi connectivity index (χ1v) is 5.14. The molecule has 0 aliphatic rings. The lowest BCUT2D eigenvalue weighted by Crippen LogP contribution is -2.05. The van der Waals surface area contributed by atoms with Gasteiger partial charge in [0.2, 0.25) is 0 Å². The van der Waals surface area contributed by atoms with Crippen LogP contribution in [0.1, 0.15) is 11.5 Å². The molecule has 1 aromatic rings. The standard InChI is InChI=1S/C8H9IN2O5/c1-5-6(16-8(13)15-5)3-14-7(12)10-4-11(2)9/h4H,3H2,1-2H3. The van der Waals surface area contributed by atoms with Crippen molar-refractivity contribution in [3.63, 3.8) is 0 Å². The maximum absolute atomic E-state index is 11.0. The maximum Gasteiger partial charge on any atom is 0.519 e. The highest BCUT2D eigenvalue weighted by Crippen LogP contribution is 2.06. The van der Waals surface area contributed by atoms with E-state index >= 15 is 0 Å². The predicted octanol–water partition coefficient (Wildman–Crippen LogP) is 1.49. The molecule has 0 unspecified atom stereocenters. The Morgan fingerprint density at radius 2 is 2.31 bits per heavy atom. The molecule has 0 aliphatic carbocycles. The molecule has 0 saturated carbocycles. The minimum atomic E-state index is -0.820. The van der Waals surface area contributed by atoms with Crippen LogP contribution >= 0.6 is 22.9 Å². The van der Waals surface area contributed by atoms with Gasteiger partial charge in [0.1, 0.15) is 6.34 Å². The van der Waals surface area contributed by atoms with Crippen LogP contribution in [0.4, 0.5) is 4.79 Å². The van der Waals surface area contributed by atoms with E-state index in [9.17, 15) is 9.59 Å². The number of hydrogen-bond donors (Lipinski definition) is 0. The van der Waals surface area contributed by atoms with Gasteiger partial charge in [0, 0.05) is 7.05 Å². The SMILES string of the molecule is Cc1oc(=O)oc1COC(=O)N=CN(C)I. The molecule has 8 heteroatoms. The number of aryl methyl sites for hydroxylation is 1.